The normalized spacial score (nSPS) is 23.9. The standard InChI is InChI=1S/C25H37ClO3/c1-20-23(24(20)16-19-29-25-11-7-9-18-28-25)10-6-4-2-3-5-8-17-27-22-14-12-21(26)13-15-22/h12-15,23-25H,1-11,16-19H2. The molecule has 4 heteroatoms. The molecule has 2 aliphatic rings. The van der Waals surface area contributed by atoms with Crippen LogP contribution in [0.1, 0.15) is 70.6 Å². The molecule has 3 unspecified atom stereocenters. The summed E-state index contributed by atoms with van der Waals surface area (Å²) in [6.45, 7) is 6.74. The summed E-state index contributed by atoms with van der Waals surface area (Å²) in [6.07, 6.45) is 13.6. The maximum Gasteiger partial charge on any atom is 0.157 e. The van der Waals surface area contributed by atoms with Crippen molar-refractivity contribution < 1.29 is 14.2 Å². The van der Waals surface area contributed by atoms with E-state index in [1.807, 2.05) is 24.3 Å². The molecule has 1 saturated heterocycles. The average Bonchev–Trinajstić information content (AvgIpc) is 3.36. The Kier molecular flexibility index (Phi) is 9.85. The molecule has 162 valence electrons. The van der Waals surface area contributed by atoms with Gasteiger partial charge in [0.1, 0.15) is 5.75 Å². The first kappa shape index (κ1) is 22.7. The molecule has 3 atom stereocenters. The summed E-state index contributed by atoms with van der Waals surface area (Å²) in [5.41, 5.74) is 1.46. The van der Waals surface area contributed by atoms with Crippen LogP contribution in [0.2, 0.25) is 5.02 Å². The van der Waals surface area contributed by atoms with E-state index in [2.05, 4.69) is 6.58 Å². The van der Waals surface area contributed by atoms with Crippen LogP contribution in [0.3, 0.4) is 0 Å². The number of benzene rings is 1. The minimum atomic E-state index is 0.0470. The van der Waals surface area contributed by atoms with Gasteiger partial charge in [0.25, 0.3) is 0 Å². The predicted octanol–water partition coefficient (Wildman–Crippen LogP) is 7.19. The second-order valence-electron chi connectivity index (χ2n) is 8.46. The highest BCUT2D eigenvalue weighted by Gasteiger charge is 2.40. The van der Waals surface area contributed by atoms with E-state index in [1.165, 1.54) is 56.9 Å². The molecule has 1 aromatic carbocycles. The Morgan fingerprint density at radius 3 is 2.38 bits per heavy atom. The number of unbranched alkanes of at least 4 members (excludes halogenated alkanes) is 5. The van der Waals surface area contributed by atoms with Crippen LogP contribution in [0, 0.1) is 11.8 Å². The van der Waals surface area contributed by atoms with Gasteiger partial charge in [-0.1, -0.05) is 55.9 Å². The van der Waals surface area contributed by atoms with Gasteiger partial charge in [0.2, 0.25) is 0 Å². The SMILES string of the molecule is C=C1C(CCCCCCCCOc2ccc(Cl)cc2)C1CCOC1CCCCO1. The average molecular weight is 421 g/mol. The van der Waals surface area contributed by atoms with Crippen LogP contribution in [0.25, 0.3) is 0 Å². The maximum atomic E-state index is 5.88. The molecule has 0 radical (unpaired) electrons. The van der Waals surface area contributed by atoms with Gasteiger partial charge >= 0.3 is 0 Å². The summed E-state index contributed by atoms with van der Waals surface area (Å²) in [7, 11) is 0. The summed E-state index contributed by atoms with van der Waals surface area (Å²) >= 11 is 5.88. The highest BCUT2D eigenvalue weighted by molar-refractivity contribution is 6.30. The Hall–Kier alpha value is -1.03. The molecule has 0 aromatic heterocycles. The number of ether oxygens (including phenoxy) is 3. The van der Waals surface area contributed by atoms with Gasteiger partial charge in [0.15, 0.2) is 6.29 Å². The lowest BCUT2D eigenvalue weighted by molar-refractivity contribution is -0.163. The summed E-state index contributed by atoms with van der Waals surface area (Å²) in [4.78, 5) is 0. The molecule has 29 heavy (non-hydrogen) atoms. The fourth-order valence-corrected chi connectivity index (χ4v) is 4.41. The van der Waals surface area contributed by atoms with Crippen LogP contribution >= 0.6 is 11.6 Å². The van der Waals surface area contributed by atoms with Crippen molar-refractivity contribution in [3.8, 4) is 5.75 Å². The third-order valence-corrected chi connectivity index (χ3v) is 6.44. The minimum absolute atomic E-state index is 0.0470. The zero-order valence-electron chi connectivity index (χ0n) is 17.8. The van der Waals surface area contributed by atoms with Gasteiger partial charge in [-0.2, -0.15) is 0 Å². The second-order valence-corrected chi connectivity index (χ2v) is 8.89. The second kappa shape index (κ2) is 12.6. The minimum Gasteiger partial charge on any atom is -0.494 e. The molecular formula is C25H37ClO3. The molecular weight excluding hydrogens is 384 g/mol. The van der Waals surface area contributed by atoms with Crippen molar-refractivity contribution in [3.63, 3.8) is 0 Å². The van der Waals surface area contributed by atoms with Crippen molar-refractivity contribution in [2.24, 2.45) is 11.8 Å². The van der Waals surface area contributed by atoms with E-state index in [4.69, 9.17) is 25.8 Å². The number of hydrogen-bond acceptors (Lipinski definition) is 3. The van der Waals surface area contributed by atoms with Crippen molar-refractivity contribution in [2.45, 2.75) is 76.9 Å². The van der Waals surface area contributed by atoms with Gasteiger partial charge in [-0.25, -0.2) is 0 Å². The van der Waals surface area contributed by atoms with Crippen molar-refractivity contribution in [1.29, 1.82) is 0 Å². The molecule has 1 aromatic rings. The molecule has 3 rings (SSSR count). The Balaban J connectivity index is 1.11. The molecule has 0 amide bonds. The van der Waals surface area contributed by atoms with Gasteiger partial charge in [0, 0.05) is 11.6 Å². The Labute approximate surface area is 181 Å². The third-order valence-electron chi connectivity index (χ3n) is 6.19. The summed E-state index contributed by atoms with van der Waals surface area (Å²) in [5, 5.41) is 0.751. The van der Waals surface area contributed by atoms with Crippen LogP contribution in [0.15, 0.2) is 36.4 Å². The van der Waals surface area contributed by atoms with Crippen LogP contribution in [0.4, 0.5) is 0 Å². The van der Waals surface area contributed by atoms with Crippen LogP contribution in [-0.4, -0.2) is 26.1 Å². The lowest BCUT2D eigenvalue weighted by Gasteiger charge is -2.22. The fraction of sp³-hybridized carbons (Fsp3) is 0.680. The lowest BCUT2D eigenvalue weighted by Crippen LogP contribution is -2.22. The van der Waals surface area contributed by atoms with Crippen molar-refractivity contribution in [3.05, 3.63) is 41.4 Å². The van der Waals surface area contributed by atoms with E-state index in [9.17, 15) is 0 Å². The quantitative estimate of drug-likeness (QED) is 0.235. The monoisotopic (exact) mass is 420 g/mol. The first-order chi connectivity index (χ1) is 14.2. The maximum absolute atomic E-state index is 5.88. The molecule has 0 spiro atoms. The number of halogens is 1. The zero-order valence-corrected chi connectivity index (χ0v) is 18.5. The van der Waals surface area contributed by atoms with Crippen molar-refractivity contribution in [2.75, 3.05) is 19.8 Å². The molecule has 1 aliphatic heterocycles. The van der Waals surface area contributed by atoms with Crippen LogP contribution in [-0.2, 0) is 9.47 Å². The highest BCUT2D eigenvalue weighted by Crippen LogP contribution is 2.49. The zero-order chi connectivity index (χ0) is 20.3. The largest absolute Gasteiger partial charge is 0.494 e. The van der Waals surface area contributed by atoms with E-state index < -0.39 is 0 Å². The molecule has 1 saturated carbocycles. The van der Waals surface area contributed by atoms with Gasteiger partial charge in [-0.3, -0.25) is 0 Å². The van der Waals surface area contributed by atoms with E-state index in [0.29, 0.717) is 5.92 Å². The van der Waals surface area contributed by atoms with Gasteiger partial charge in [-0.05, 0) is 74.6 Å². The number of hydrogen-bond donors (Lipinski definition) is 0. The van der Waals surface area contributed by atoms with Gasteiger partial charge in [-0.15, -0.1) is 0 Å². The lowest BCUT2D eigenvalue weighted by atomic mass is 10.1. The Morgan fingerprint density at radius 2 is 1.62 bits per heavy atom. The third kappa shape index (κ3) is 8.32. The summed E-state index contributed by atoms with van der Waals surface area (Å²) in [5.74, 6) is 2.35. The van der Waals surface area contributed by atoms with Gasteiger partial charge in [0.05, 0.1) is 13.2 Å². The highest BCUT2D eigenvalue weighted by atomic mass is 35.5. The predicted molar refractivity (Wildman–Crippen MR) is 120 cm³/mol. The van der Waals surface area contributed by atoms with Crippen LogP contribution < -0.4 is 4.74 Å². The van der Waals surface area contributed by atoms with E-state index in [1.54, 1.807) is 0 Å². The molecule has 0 bridgehead atoms. The topological polar surface area (TPSA) is 27.7 Å². The summed E-state index contributed by atoms with van der Waals surface area (Å²) in [6, 6.07) is 7.59. The van der Waals surface area contributed by atoms with Crippen molar-refractivity contribution in [1.82, 2.24) is 0 Å². The molecule has 0 N–H and O–H groups in total. The van der Waals surface area contributed by atoms with E-state index in [-0.39, 0.29) is 6.29 Å². The van der Waals surface area contributed by atoms with E-state index in [0.717, 1.165) is 55.8 Å². The van der Waals surface area contributed by atoms with Crippen LogP contribution in [0.5, 0.6) is 5.75 Å². The molecule has 3 nitrogen and oxygen atoms in total. The van der Waals surface area contributed by atoms with Gasteiger partial charge < -0.3 is 14.2 Å². The number of rotatable bonds is 14. The van der Waals surface area contributed by atoms with Crippen molar-refractivity contribution >= 4 is 11.6 Å². The Morgan fingerprint density at radius 1 is 0.897 bits per heavy atom. The first-order valence-corrected chi connectivity index (χ1v) is 11.9. The summed E-state index contributed by atoms with van der Waals surface area (Å²) < 4.78 is 17.2. The molecule has 1 heterocycles. The molecule has 2 fully saturated rings. The Bertz CT molecular complexity index is 595. The molecule has 1 aliphatic carbocycles. The number of allylic oxidation sites excluding steroid dienone is 1. The fourth-order valence-electron chi connectivity index (χ4n) is 4.28. The van der Waals surface area contributed by atoms with E-state index >= 15 is 0 Å². The smallest absolute Gasteiger partial charge is 0.157 e. The first-order valence-electron chi connectivity index (χ1n) is 11.5.